The van der Waals surface area contributed by atoms with Gasteiger partial charge in [0.2, 0.25) is 5.91 Å². The van der Waals surface area contributed by atoms with Crippen molar-refractivity contribution in [2.75, 3.05) is 13.1 Å². The van der Waals surface area contributed by atoms with E-state index in [2.05, 4.69) is 10.2 Å². The molecule has 28 heavy (non-hydrogen) atoms. The molecule has 1 atom stereocenters. The Morgan fingerprint density at radius 1 is 1.11 bits per heavy atom. The molecule has 0 N–H and O–H groups in total. The van der Waals surface area contributed by atoms with E-state index in [9.17, 15) is 4.79 Å². The Balaban J connectivity index is 1.65. The molecule has 7 heteroatoms. The first-order chi connectivity index (χ1) is 13.8. The molecule has 3 heterocycles. The van der Waals surface area contributed by atoms with E-state index in [1.54, 1.807) is 6.26 Å². The second-order valence-electron chi connectivity index (χ2n) is 6.82. The molecule has 1 aliphatic heterocycles. The minimum Gasteiger partial charge on any atom is -0.461 e. The summed E-state index contributed by atoms with van der Waals surface area (Å²) < 4.78 is 7.50. The number of benzene rings is 1. The quantitative estimate of drug-likeness (QED) is 0.578. The number of aromatic nitrogens is 3. The number of carbonyl (C=O) groups excluding carboxylic acids is 1. The van der Waals surface area contributed by atoms with Gasteiger partial charge >= 0.3 is 0 Å². The maximum absolute atomic E-state index is 13.4. The van der Waals surface area contributed by atoms with E-state index >= 15 is 0 Å². The number of nitrogens with zero attached hydrogens (tertiary/aromatic N) is 4. The van der Waals surface area contributed by atoms with Crippen molar-refractivity contribution in [3.8, 4) is 11.6 Å². The van der Waals surface area contributed by atoms with Crippen molar-refractivity contribution >= 4 is 17.7 Å². The lowest BCUT2D eigenvalue weighted by Crippen LogP contribution is -2.38. The SMILES string of the molecule is CCn1c(SC(C(=O)N2CCCCC2)c2ccccc2)nnc1-c1ccco1. The summed E-state index contributed by atoms with van der Waals surface area (Å²) in [5.74, 6) is 1.52. The maximum Gasteiger partial charge on any atom is 0.240 e. The molecule has 1 unspecified atom stereocenters. The van der Waals surface area contributed by atoms with Crippen molar-refractivity contribution in [1.82, 2.24) is 19.7 Å². The standard InChI is InChI=1S/C21H24N4O2S/c1-2-25-19(17-12-9-15-27-17)22-23-21(25)28-18(16-10-5-3-6-11-16)20(26)24-13-7-4-8-14-24/h3,5-6,9-12,15,18H,2,4,7-8,13-14H2,1H3. The molecule has 0 radical (unpaired) electrons. The van der Waals surface area contributed by atoms with Crippen molar-refractivity contribution in [2.24, 2.45) is 0 Å². The number of carbonyl (C=O) groups is 1. The van der Waals surface area contributed by atoms with Gasteiger partial charge in [0, 0.05) is 19.6 Å². The fourth-order valence-corrected chi connectivity index (χ4v) is 4.71. The zero-order valence-corrected chi connectivity index (χ0v) is 16.8. The molecule has 1 saturated heterocycles. The number of amides is 1. The molecule has 6 nitrogen and oxygen atoms in total. The molecule has 1 aliphatic rings. The van der Waals surface area contributed by atoms with Crippen LogP contribution in [0.4, 0.5) is 0 Å². The van der Waals surface area contributed by atoms with Crippen LogP contribution < -0.4 is 0 Å². The summed E-state index contributed by atoms with van der Waals surface area (Å²) in [5, 5.41) is 9.10. The molecule has 0 aliphatic carbocycles. The zero-order chi connectivity index (χ0) is 19.3. The normalized spacial score (nSPS) is 15.5. The fraction of sp³-hybridized carbons (Fsp3) is 0.381. The van der Waals surface area contributed by atoms with Crippen LogP contribution in [0.2, 0.25) is 0 Å². The van der Waals surface area contributed by atoms with Gasteiger partial charge in [-0.2, -0.15) is 0 Å². The third-order valence-electron chi connectivity index (χ3n) is 4.99. The Morgan fingerprint density at radius 3 is 2.57 bits per heavy atom. The second-order valence-corrected chi connectivity index (χ2v) is 7.89. The van der Waals surface area contributed by atoms with Gasteiger partial charge in [-0.25, -0.2) is 0 Å². The van der Waals surface area contributed by atoms with Gasteiger partial charge in [0.05, 0.1) is 6.26 Å². The van der Waals surface area contributed by atoms with E-state index < -0.39 is 0 Å². The summed E-state index contributed by atoms with van der Waals surface area (Å²) in [6.07, 6.45) is 4.98. The van der Waals surface area contributed by atoms with E-state index in [-0.39, 0.29) is 11.2 Å². The summed E-state index contributed by atoms with van der Waals surface area (Å²) in [4.78, 5) is 15.4. The van der Waals surface area contributed by atoms with Crippen LogP contribution in [-0.2, 0) is 11.3 Å². The van der Waals surface area contributed by atoms with Gasteiger partial charge in [-0.15, -0.1) is 10.2 Å². The number of hydrogen-bond donors (Lipinski definition) is 0. The third-order valence-corrected chi connectivity index (χ3v) is 6.21. The lowest BCUT2D eigenvalue weighted by atomic mass is 10.1. The third kappa shape index (κ3) is 3.85. The van der Waals surface area contributed by atoms with E-state index in [0.29, 0.717) is 18.1 Å². The first-order valence-corrected chi connectivity index (χ1v) is 10.6. The monoisotopic (exact) mass is 396 g/mol. The number of thioether (sulfide) groups is 1. The van der Waals surface area contributed by atoms with E-state index in [0.717, 1.165) is 36.7 Å². The summed E-state index contributed by atoms with van der Waals surface area (Å²) in [7, 11) is 0. The summed E-state index contributed by atoms with van der Waals surface area (Å²) in [6, 6.07) is 13.7. The Bertz CT molecular complexity index is 902. The zero-order valence-electron chi connectivity index (χ0n) is 16.0. The van der Waals surface area contributed by atoms with Crippen LogP contribution in [0, 0.1) is 0 Å². The van der Waals surface area contributed by atoms with Crippen LogP contribution in [-0.4, -0.2) is 38.7 Å². The van der Waals surface area contributed by atoms with Gasteiger partial charge in [-0.3, -0.25) is 9.36 Å². The number of piperidine rings is 1. The summed E-state index contributed by atoms with van der Waals surface area (Å²) >= 11 is 1.47. The topological polar surface area (TPSA) is 64.2 Å². The highest BCUT2D eigenvalue weighted by Crippen LogP contribution is 2.37. The van der Waals surface area contributed by atoms with Crippen LogP contribution in [0.1, 0.15) is 37.0 Å². The smallest absolute Gasteiger partial charge is 0.240 e. The van der Waals surface area contributed by atoms with E-state index in [1.807, 2.05) is 58.9 Å². The molecule has 0 spiro atoms. The Morgan fingerprint density at radius 2 is 1.89 bits per heavy atom. The van der Waals surface area contributed by atoms with Crippen molar-refractivity contribution in [3.05, 3.63) is 54.3 Å². The molecule has 1 amide bonds. The van der Waals surface area contributed by atoms with Crippen molar-refractivity contribution in [1.29, 1.82) is 0 Å². The first-order valence-electron chi connectivity index (χ1n) is 9.75. The number of likely N-dealkylation sites (tertiary alicyclic amines) is 1. The van der Waals surface area contributed by atoms with Crippen molar-refractivity contribution in [3.63, 3.8) is 0 Å². The van der Waals surface area contributed by atoms with Crippen LogP contribution >= 0.6 is 11.8 Å². The van der Waals surface area contributed by atoms with Gasteiger partial charge in [-0.1, -0.05) is 42.1 Å². The summed E-state index contributed by atoms with van der Waals surface area (Å²) in [6.45, 7) is 4.41. The van der Waals surface area contributed by atoms with Gasteiger partial charge in [-0.05, 0) is 43.9 Å². The Kier molecular flexibility index (Phi) is 5.81. The minimum atomic E-state index is -0.335. The second kappa shape index (κ2) is 8.65. The van der Waals surface area contributed by atoms with Crippen LogP contribution in [0.15, 0.2) is 58.3 Å². The lowest BCUT2D eigenvalue weighted by Gasteiger charge is -2.30. The van der Waals surface area contributed by atoms with Crippen LogP contribution in [0.5, 0.6) is 0 Å². The number of rotatable bonds is 6. The number of furan rings is 1. The molecule has 1 fully saturated rings. The minimum absolute atomic E-state index is 0.154. The van der Waals surface area contributed by atoms with E-state index in [4.69, 9.17) is 4.42 Å². The average molecular weight is 397 g/mol. The molecule has 4 rings (SSSR count). The maximum atomic E-state index is 13.4. The summed E-state index contributed by atoms with van der Waals surface area (Å²) in [5.41, 5.74) is 0.994. The first kappa shape index (κ1) is 18.8. The predicted octanol–water partition coefficient (Wildman–Crippen LogP) is 4.40. The molecular weight excluding hydrogens is 372 g/mol. The number of hydrogen-bond acceptors (Lipinski definition) is 5. The molecule has 0 saturated carbocycles. The van der Waals surface area contributed by atoms with Crippen molar-refractivity contribution in [2.45, 2.75) is 43.1 Å². The van der Waals surface area contributed by atoms with Crippen molar-refractivity contribution < 1.29 is 9.21 Å². The average Bonchev–Trinajstić information content (AvgIpc) is 3.42. The molecular formula is C21H24N4O2S. The Hall–Kier alpha value is -2.54. The highest BCUT2D eigenvalue weighted by Gasteiger charge is 2.30. The molecule has 3 aromatic rings. The Labute approximate surface area is 168 Å². The highest BCUT2D eigenvalue weighted by atomic mass is 32.2. The molecule has 2 aromatic heterocycles. The van der Waals surface area contributed by atoms with Gasteiger partial charge in [0.15, 0.2) is 16.7 Å². The van der Waals surface area contributed by atoms with Gasteiger partial charge < -0.3 is 9.32 Å². The van der Waals surface area contributed by atoms with Gasteiger partial charge in [0.1, 0.15) is 5.25 Å². The predicted molar refractivity (Wildman–Crippen MR) is 109 cm³/mol. The molecule has 0 bridgehead atoms. The molecule has 1 aromatic carbocycles. The largest absolute Gasteiger partial charge is 0.461 e. The van der Waals surface area contributed by atoms with E-state index in [1.165, 1.54) is 18.2 Å². The van der Waals surface area contributed by atoms with Crippen LogP contribution in [0.3, 0.4) is 0 Å². The fourth-order valence-electron chi connectivity index (χ4n) is 3.52. The molecule has 146 valence electrons. The lowest BCUT2D eigenvalue weighted by molar-refractivity contribution is -0.131. The van der Waals surface area contributed by atoms with Gasteiger partial charge in [0.25, 0.3) is 0 Å². The van der Waals surface area contributed by atoms with Crippen LogP contribution in [0.25, 0.3) is 11.6 Å². The highest BCUT2D eigenvalue weighted by molar-refractivity contribution is 8.00.